The van der Waals surface area contributed by atoms with Crippen molar-refractivity contribution in [2.24, 2.45) is 23.2 Å². The van der Waals surface area contributed by atoms with Gasteiger partial charge >= 0.3 is 6.03 Å². The van der Waals surface area contributed by atoms with Gasteiger partial charge in [-0.1, -0.05) is 98.2 Å². The van der Waals surface area contributed by atoms with E-state index in [9.17, 15) is 28.8 Å². The number of carbonyl (C=O) groups is 6. The Balaban J connectivity index is 2.33. The number of rotatable bonds is 15. The first-order valence-electron chi connectivity index (χ1n) is 16.2. The molecule has 0 saturated carbocycles. The van der Waals surface area contributed by atoms with Crippen LogP contribution in [0.3, 0.4) is 0 Å². The van der Waals surface area contributed by atoms with Gasteiger partial charge in [0.25, 0.3) is 5.91 Å². The molecule has 46 heavy (non-hydrogen) atoms. The van der Waals surface area contributed by atoms with Gasteiger partial charge in [0.2, 0.25) is 17.6 Å². The molecule has 11 nitrogen and oxygen atoms in total. The van der Waals surface area contributed by atoms with Crippen LogP contribution in [0.15, 0.2) is 43.0 Å². The Bertz CT molecular complexity index is 1260. The zero-order valence-corrected chi connectivity index (χ0v) is 28.6. The van der Waals surface area contributed by atoms with Gasteiger partial charge in [-0.3, -0.25) is 24.0 Å². The highest BCUT2D eigenvalue weighted by atomic mass is 16.2. The van der Waals surface area contributed by atoms with Crippen LogP contribution in [0.1, 0.15) is 85.0 Å². The number of benzene rings is 1. The lowest BCUT2D eigenvalue weighted by Crippen LogP contribution is -2.62. The standard InChI is InChI=1S/C35H53N5O6/c1-10-15-25(29(42)32(44)36-19-11-2)37-31(43)27-24(21(3)4)18-20-40(27)33(45)30(35(7,8)9)39-34(46)38-26(22(5)6)28(41)23-16-13-12-14-17-23/h11-14,16-17,21-22,24-27,30H,2,10,15,18-20H2,1,3-9H3,(H,36,44)(H,37,43)(H2,38,39,46)/t24?,25?,26-,27-,30+/m0/s1. The highest BCUT2D eigenvalue weighted by molar-refractivity contribution is 6.38. The topological polar surface area (TPSA) is 154 Å². The highest BCUT2D eigenvalue weighted by Crippen LogP contribution is 2.33. The number of Topliss-reactive ketones (excluding diaryl/α,β-unsaturated/α-hetero) is 2. The number of carbonyl (C=O) groups excluding carboxylic acids is 6. The lowest BCUT2D eigenvalue weighted by atomic mass is 9.84. The van der Waals surface area contributed by atoms with E-state index in [2.05, 4.69) is 27.8 Å². The van der Waals surface area contributed by atoms with E-state index in [0.29, 0.717) is 18.4 Å². The Morgan fingerprint density at radius 3 is 2.13 bits per heavy atom. The molecule has 1 aliphatic rings. The molecule has 11 heteroatoms. The quantitative estimate of drug-likeness (QED) is 0.131. The molecule has 0 radical (unpaired) electrons. The van der Waals surface area contributed by atoms with Crippen LogP contribution in [0.2, 0.25) is 0 Å². The second-order valence-electron chi connectivity index (χ2n) is 13.8. The summed E-state index contributed by atoms with van der Waals surface area (Å²) in [5, 5.41) is 10.8. The van der Waals surface area contributed by atoms with E-state index < -0.39 is 59.1 Å². The maximum Gasteiger partial charge on any atom is 0.316 e. The summed E-state index contributed by atoms with van der Waals surface area (Å²) in [6.45, 7) is 18.8. The molecule has 1 aromatic carbocycles. The van der Waals surface area contributed by atoms with E-state index in [1.807, 2.05) is 55.4 Å². The molecule has 254 valence electrons. The van der Waals surface area contributed by atoms with Crippen LogP contribution in [-0.2, 0) is 19.2 Å². The number of hydrogen-bond acceptors (Lipinski definition) is 6. The van der Waals surface area contributed by atoms with E-state index >= 15 is 0 Å². The van der Waals surface area contributed by atoms with Crippen molar-refractivity contribution in [1.82, 2.24) is 26.2 Å². The van der Waals surface area contributed by atoms with Crippen molar-refractivity contribution in [3.8, 4) is 0 Å². The maximum absolute atomic E-state index is 14.3. The summed E-state index contributed by atoms with van der Waals surface area (Å²) in [6.07, 6.45) is 2.81. The number of nitrogens with zero attached hydrogens (tertiary/aromatic N) is 1. The van der Waals surface area contributed by atoms with Gasteiger partial charge in [0.1, 0.15) is 12.1 Å². The van der Waals surface area contributed by atoms with Crippen LogP contribution in [0, 0.1) is 23.2 Å². The molecule has 4 N–H and O–H groups in total. The minimum Gasteiger partial charge on any atom is -0.346 e. The van der Waals surface area contributed by atoms with E-state index in [4.69, 9.17) is 0 Å². The van der Waals surface area contributed by atoms with Crippen molar-refractivity contribution in [3.63, 3.8) is 0 Å². The minimum atomic E-state index is -1.05. The maximum atomic E-state index is 14.3. The summed E-state index contributed by atoms with van der Waals surface area (Å²) in [5.41, 5.74) is -0.292. The summed E-state index contributed by atoms with van der Waals surface area (Å²) in [5.74, 6) is -3.17. The van der Waals surface area contributed by atoms with Crippen LogP contribution < -0.4 is 21.3 Å². The lowest BCUT2D eigenvalue weighted by Gasteiger charge is -2.37. The minimum absolute atomic E-state index is 0.0323. The van der Waals surface area contributed by atoms with Gasteiger partial charge in [-0.2, -0.15) is 0 Å². The molecule has 0 bridgehead atoms. The van der Waals surface area contributed by atoms with Crippen molar-refractivity contribution in [2.75, 3.05) is 13.1 Å². The molecule has 2 unspecified atom stereocenters. The molecule has 5 atom stereocenters. The Morgan fingerprint density at radius 1 is 0.978 bits per heavy atom. The van der Waals surface area contributed by atoms with Gasteiger partial charge in [0, 0.05) is 18.7 Å². The van der Waals surface area contributed by atoms with Crippen molar-refractivity contribution >= 4 is 35.3 Å². The van der Waals surface area contributed by atoms with Gasteiger partial charge in [0.05, 0.1) is 12.1 Å². The smallest absolute Gasteiger partial charge is 0.316 e. The van der Waals surface area contributed by atoms with Crippen molar-refractivity contribution in [1.29, 1.82) is 0 Å². The molecular formula is C35H53N5O6. The first kappa shape index (κ1) is 38.2. The van der Waals surface area contributed by atoms with Gasteiger partial charge in [0.15, 0.2) is 5.78 Å². The normalized spacial score (nSPS) is 18.3. The molecule has 1 aliphatic heterocycles. The lowest BCUT2D eigenvalue weighted by molar-refractivity contribution is -0.144. The van der Waals surface area contributed by atoms with Crippen LogP contribution in [0.4, 0.5) is 4.79 Å². The Kier molecular flexibility index (Phi) is 14.1. The third kappa shape index (κ3) is 9.99. The number of hydrogen-bond donors (Lipinski definition) is 4. The van der Waals surface area contributed by atoms with Crippen molar-refractivity contribution in [2.45, 2.75) is 98.8 Å². The van der Waals surface area contributed by atoms with Crippen molar-refractivity contribution < 1.29 is 28.8 Å². The molecule has 1 fully saturated rings. The van der Waals surface area contributed by atoms with E-state index in [-0.39, 0.29) is 43.0 Å². The van der Waals surface area contributed by atoms with E-state index in [0.717, 1.165) is 0 Å². The fraction of sp³-hybridized carbons (Fsp3) is 0.600. The molecule has 5 amide bonds. The van der Waals surface area contributed by atoms with Crippen LogP contribution >= 0.6 is 0 Å². The van der Waals surface area contributed by atoms with Gasteiger partial charge in [-0.25, -0.2) is 4.79 Å². The fourth-order valence-corrected chi connectivity index (χ4v) is 5.77. The Labute approximate surface area is 273 Å². The first-order valence-corrected chi connectivity index (χ1v) is 16.2. The largest absolute Gasteiger partial charge is 0.346 e. The van der Waals surface area contributed by atoms with Gasteiger partial charge < -0.3 is 26.2 Å². The first-order chi connectivity index (χ1) is 21.5. The molecular weight excluding hydrogens is 586 g/mol. The predicted molar refractivity (Wildman–Crippen MR) is 178 cm³/mol. The average molecular weight is 640 g/mol. The number of ketones is 2. The van der Waals surface area contributed by atoms with Crippen molar-refractivity contribution in [3.05, 3.63) is 48.6 Å². The second kappa shape index (κ2) is 17.1. The number of amides is 5. The third-order valence-electron chi connectivity index (χ3n) is 8.38. The average Bonchev–Trinajstić information content (AvgIpc) is 3.46. The number of nitrogens with one attached hydrogen (secondary N) is 4. The second-order valence-corrected chi connectivity index (χ2v) is 13.8. The molecule has 0 aromatic heterocycles. The Morgan fingerprint density at radius 2 is 1.61 bits per heavy atom. The predicted octanol–water partition coefficient (Wildman–Crippen LogP) is 3.64. The zero-order valence-electron chi connectivity index (χ0n) is 28.6. The van der Waals surface area contributed by atoms with Crippen LogP contribution in [0.25, 0.3) is 0 Å². The molecule has 1 saturated heterocycles. The summed E-state index contributed by atoms with van der Waals surface area (Å²) in [4.78, 5) is 81.6. The molecule has 2 rings (SSSR count). The third-order valence-corrected chi connectivity index (χ3v) is 8.38. The summed E-state index contributed by atoms with van der Waals surface area (Å²) < 4.78 is 0. The van der Waals surface area contributed by atoms with Crippen LogP contribution in [0.5, 0.6) is 0 Å². The highest BCUT2D eigenvalue weighted by Gasteiger charge is 2.47. The monoisotopic (exact) mass is 639 g/mol. The van der Waals surface area contributed by atoms with Gasteiger partial charge in [-0.05, 0) is 36.0 Å². The molecule has 0 spiro atoms. The van der Waals surface area contributed by atoms with E-state index in [1.165, 1.54) is 11.0 Å². The summed E-state index contributed by atoms with van der Waals surface area (Å²) in [7, 11) is 0. The molecule has 0 aliphatic carbocycles. The number of urea groups is 1. The fourth-order valence-electron chi connectivity index (χ4n) is 5.77. The Hall–Kier alpha value is -4.02. The van der Waals surface area contributed by atoms with Gasteiger partial charge in [-0.15, -0.1) is 6.58 Å². The summed E-state index contributed by atoms with van der Waals surface area (Å²) >= 11 is 0. The number of likely N-dealkylation sites (tertiary alicyclic amines) is 1. The van der Waals surface area contributed by atoms with Crippen LogP contribution in [-0.4, -0.2) is 77.5 Å². The SMILES string of the molecule is C=CCNC(=O)C(=O)C(CCC)NC(=O)[C@@H]1C(C(C)C)CCN1C(=O)[C@@H](NC(=O)N[C@H](C(=O)c1ccccc1)C(C)C)C(C)(C)C. The zero-order chi connectivity index (χ0) is 34.8. The van der Waals surface area contributed by atoms with E-state index in [1.54, 1.807) is 30.3 Å². The summed E-state index contributed by atoms with van der Waals surface area (Å²) in [6, 6.07) is 4.20. The molecule has 1 heterocycles. The molecule has 1 aromatic rings.